The molecular weight excluding hydrogens is 184 g/mol. The summed E-state index contributed by atoms with van der Waals surface area (Å²) in [5.74, 6) is 7.43. The van der Waals surface area contributed by atoms with Gasteiger partial charge in [0, 0.05) is 18.1 Å². The van der Waals surface area contributed by atoms with E-state index in [2.05, 4.69) is 16.7 Å². The molecule has 0 aromatic heterocycles. The lowest BCUT2D eigenvalue weighted by Gasteiger charge is -2.31. The Morgan fingerprint density at radius 2 is 2.54 bits per heavy atom. The number of hydrogen-bond acceptors (Lipinski definition) is 3. The van der Waals surface area contributed by atoms with Gasteiger partial charge in [-0.25, -0.2) is 0 Å². The Bertz CT molecular complexity index is 244. The van der Waals surface area contributed by atoms with Crippen molar-refractivity contribution >= 4 is 17.7 Å². The smallest absolute Gasteiger partial charge is 0.235 e. The number of thioether (sulfide) groups is 1. The first-order valence-corrected chi connectivity index (χ1v) is 5.42. The zero-order chi connectivity index (χ0) is 9.68. The van der Waals surface area contributed by atoms with Crippen LogP contribution in [0.15, 0.2) is 0 Å². The van der Waals surface area contributed by atoms with Crippen LogP contribution in [0, 0.1) is 11.8 Å². The van der Waals surface area contributed by atoms with E-state index in [-0.39, 0.29) is 11.9 Å². The van der Waals surface area contributed by atoms with Crippen molar-refractivity contribution in [2.45, 2.75) is 13.0 Å². The molecule has 0 spiro atoms. The quantitative estimate of drug-likeness (QED) is 0.631. The second kappa shape index (κ2) is 5.15. The molecule has 0 aromatic rings. The minimum absolute atomic E-state index is 0.125. The molecule has 3 nitrogen and oxygen atoms in total. The summed E-state index contributed by atoms with van der Waals surface area (Å²) in [6, 6.07) is -0.125. The number of hydrogen-bond donors (Lipinski definition) is 1. The van der Waals surface area contributed by atoms with Gasteiger partial charge >= 0.3 is 0 Å². The van der Waals surface area contributed by atoms with E-state index in [1.807, 2.05) is 0 Å². The summed E-state index contributed by atoms with van der Waals surface area (Å²) in [6.07, 6.45) is 0. The van der Waals surface area contributed by atoms with Gasteiger partial charge in [0.15, 0.2) is 0 Å². The maximum absolute atomic E-state index is 11.0. The summed E-state index contributed by atoms with van der Waals surface area (Å²) in [5.41, 5.74) is 5.29. The number of carbonyl (C=O) groups is 1. The first kappa shape index (κ1) is 10.4. The minimum atomic E-state index is -0.231. The average Bonchev–Trinajstić information content (AvgIpc) is 2.15. The van der Waals surface area contributed by atoms with E-state index < -0.39 is 0 Å². The second-order valence-corrected chi connectivity index (χ2v) is 4.04. The fraction of sp³-hybridized carbons (Fsp3) is 0.667. The molecule has 0 aliphatic carbocycles. The van der Waals surface area contributed by atoms with E-state index in [0.717, 1.165) is 18.1 Å². The number of primary amides is 1. The minimum Gasteiger partial charge on any atom is -0.368 e. The van der Waals surface area contributed by atoms with Crippen LogP contribution in [0.5, 0.6) is 0 Å². The predicted octanol–water partition coefficient (Wildman–Crippen LogP) is -0.0876. The SMILES string of the molecule is CC#CCN1CCSCC1C(N)=O. The van der Waals surface area contributed by atoms with Crippen LogP contribution in [-0.4, -0.2) is 41.4 Å². The molecule has 1 saturated heterocycles. The number of carbonyl (C=O) groups excluding carboxylic acids is 1. The van der Waals surface area contributed by atoms with Crippen molar-refractivity contribution in [2.24, 2.45) is 5.73 Å². The van der Waals surface area contributed by atoms with Crippen LogP contribution in [0.4, 0.5) is 0 Å². The third kappa shape index (κ3) is 2.94. The molecule has 1 aliphatic heterocycles. The molecule has 1 heterocycles. The zero-order valence-electron chi connectivity index (χ0n) is 7.75. The lowest BCUT2D eigenvalue weighted by molar-refractivity contribution is -0.122. The largest absolute Gasteiger partial charge is 0.368 e. The van der Waals surface area contributed by atoms with Crippen molar-refractivity contribution in [3.8, 4) is 11.8 Å². The van der Waals surface area contributed by atoms with Gasteiger partial charge in [0.2, 0.25) is 5.91 Å². The zero-order valence-corrected chi connectivity index (χ0v) is 8.56. The number of amides is 1. The number of nitrogens with zero attached hydrogens (tertiary/aromatic N) is 1. The molecule has 1 rings (SSSR count). The van der Waals surface area contributed by atoms with Gasteiger partial charge < -0.3 is 5.73 Å². The Labute approximate surface area is 83.0 Å². The van der Waals surface area contributed by atoms with Gasteiger partial charge in [-0.15, -0.1) is 5.92 Å². The van der Waals surface area contributed by atoms with E-state index >= 15 is 0 Å². The van der Waals surface area contributed by atoms with Crippen molar-refractivity contribution in [3.05, 3.63) is 0 Å². The highest BCUT2D eigenvalue weighted by atomic mass is 32.2. The molecule has 13 heavy (non-hydrogen) atoms. The van der Waals surface area contributed by atoms with Crippen molar-refractivity contribution in [1.29, 1.82) is 0 Å². The van der Waals surface area contributed by atoms with Crippen molar-refractivity contribution in [2.75, 3.05) is 24.6 Å². The summed E-state index contributed by atoms with van der Waals surface area (Å²) < 4.78 is 0. The summed E-state index contributed by atoms with van der Waals surface area (Å²) in [4.78, 5) is 13.1. The van der Waals surface area contributed by atoms with Gasteiger partial charge in [0.1, 0.15) is 0 Å². The van der Waals surface area contributed by atoms with E-state index in [1.165, 1.54) is 0 Å². The van der Waals surface area contributed by atoms with Crippen LogP contribution >= 0.6 is 11.8 Å². The van der Waals surface area contributed by atoms with E-state index in [0.29, 0.717) is 6.54 Å². The van der Waals surface area contributed by atoms with Gasteiger partial charge in [-0.3, -0.25) is 9.69 Å². The van der Waals surface area contributed by atoms with E-state index in [4.69, 9.17) is 5.73 Å². The predicted molar refractivity (Wildman–Crippen MR) is 55.3 cm³/mol. The molecular formula is C9H14N2OS. The fourth-order valence-electron chi connectivity index (χ4n) is 1.27. The first-order chi connectivity index (χ1) is 6.25. The van der Waals surface area contributed by atoms with Crippen molar-refractivity contribution < 1.29 is 4.79 Å². The highest BCUT2D eigenvalue weighted by Gasteiger charge is 2.26. The lowest BCUT2D eigenvalue weighted by atomic mass is 10.2. The monoisotopic (exact) mass is 198 g/mol. The maximum atomic E-state index is 11.0. The van der Waals surface area contributed by atoms with Crippen LogP contribution in [0.1, 0.15) is 6.92 Å². The van der Waals surface area contributed by atoms with Gasteiger partial charge in [-0.1, -0.05) is 5.92 Å². The Balaban J connectivity index is 2.54. The van der Waals surface area contributed by atoms with Crippen molar-refractivity contribution in [3.63, 3.8) is 0 Å². The topological polar surface area (TPSA) is 46.3 Å². The molecule has 0 aromatic carbocycles. The van der Waals surface area contributed by atoms with E-state index in [1.54, 1.807) is 18.7 Å². The van der Waals surface area contributed by atoms with Crippen LogP contribution in [0.25, 0.3) is 0 Å². The van der Waals surface area contributed by atoms with Crippen molar-refractivity contribution in [1.82, 2.24) is 4.90 Å². The van der Waals surface area contributed by atoms with Gasteiger partial charge in [0.05, 0.1) is 12.6 Å². The molecule has 1 unspecified atom stereocenters. The molecule has 4 heteroatoms. The summed E-state index contributed by atoms with van der Waals surface area (Å²) in [7, 11) is 0. The molecule has 1 atom stereocenters. The summed E-state index contributed by atoms with van der Waals surface area (Å²) in [5, 5.41) is 0. The lowest BCUT2D eigenvalue weighted by Crippen LogP contribution is -2.50. The Hall–Kier alpha value is -0.660. The molecule has 0 radical (unpaired) electrons. The molecule has 1 aliphatic rings. The van der Waals surface area contributed by atoms with Gasteiger partial charge in [-0.05, 0) is 6.92 Å². The average molecular weight is 198 g/mol. The highest BCUT2D eigenvalue weighted by molar-refractivity contribution is 7.99. The van der Waals surface area contributed by atoms with Crippen LogP contribution in [0.3, 0.4) is 0 Å². The molecule has 0 saturated carbocycles. The normalized spacial score (nSPS) is 23.3. The Morgan fingerprint density at radius 3 is 3.15 bits per heavy atom. The van der Waals surface area contributed by atoms with Gasteiger partial charge in [0.25, 0.3) is 0 Å². The summed E-state index contributed by atoms with van der Waals surface area (Å²) >= 11 is 1.78. The number of rotatable bonds is 2. The molecule has 72 valence electrons. The van der Waals surface area contributed by atoms with Crippen LogP contribution in [0.2, 0.25) is 0 Å². The van der Waals surface area contributed by atoms with E-state index in [9.17, 15) is 4.79 Å². The Morgan fingerprint density at radius 1 is 1.77 bits per heavy atom. The molecule has 1 fully saturated rings. The summed E-state index contributed by atoms with van der Waals surface area (Å²) in [6.45, 7) is 3.37. The number of nitrogens with two attached hydrogens (primary N) is 1. The second-order valence-electron chi connectivity index (χ2n) is 2.89. The Kier molecular flexibility index (Phi) is 4.13. The fourth-order valence-corrected chi connectivity index (χ4v) is 2.40. The highest BCUT2D eigenvalue weighted by Crippen LogP contribution is 2.15. The maximum Gasteiger partial charge on any atom is 0.235 e. The standard InChI is InChI=1S/C9H14N2OS/c1-2-3-4-11-5-6-13-7-8(11)9(10)12/h8H,4-7H2,1H3,(H2,10,12). The molecule has 1 amide bonds. The molecule has 2 N–H and O–H groups in total. The van der Waals surface area contributed by atoms with Crippen LogP contribution < -0.4 is 5.73 Å². The van der Waals surface area contributed by atoms with Gasteiger partial charge in [-0.2, -0.15) is 11.8 Å². The third-order valence-electron chi connectivity index (χ3n) is 2.03. The third-order valence-corrected chi connectivity index (χ3v) is 3.05. The van der Waals surface area contributed by atoms with Crippen LogP contribution in [-0.2, 0) is 4.79 Å². The first-order valence-electron chi connectivity index (χ1n) is 4.26. The molecule has 0 bridgehead atoms.